The van der Waals surface area contributed by atoms with E-state index >= 15 is 0 Å². The molecule has 6 nitrogen and oxygen atoms in total. The summed E-state index contributed by atoms with van der Waals surface area (Å²) < 4.78 is 1.83. The second-order valence-corrected chi connectivity index (χ2v) is 7.58. The first-order valence-electron chi connectivity index (χ1n) is 9.07. The van der Waals surface area contributed by atoms with Crippen LogP contribution in [0.4, 0.5) is 0 Å². The quantitative estimate of drug-likeness (QED) is 0.769. The largest absolute Gasteiger partial charge is 0.391 e. The van der Waals surface area contributed by atoms with E-state index in [1.807, 2.05) is 4.68 Å². The molecule has 6 heteroatoms. The lowest BCUT2D eigenvalue weighted by Crippen LogP contribution is -2.36. The number of hydrogen-bond donors (Lipinski definition) is 2. The zero-order valence-corrected chi connectivity index (χ0v) is 14.1. The number of benzene rings is 1. The van der Waals surface area contributed by atoms with Crippen molar-refractivity contribution in [1.29, 1.82) is 0 Å². The fourth-order valence-electron chi connectivity index (χ4n) is 4.77. The third kappa shape index (κ3) is 2.75. The molecule has 4 atom stereocenters. The molecule has 1 aromatic carbocycles. The van der Waals surface area contributed by atoms with Crippen LogP contribution >= 0.6 is 0 Å². The summed E-state index contributed by atoms with van der Waals surface area (Å²) in [5, 5.41) is 16.1. The Morgan fingerprint density at radius 2 is 2.00 bits per heavy atom. The third-order valence-corrected chi connectivity index (χ3v) is 5.94. The van der Waals surface area contributed by atoms with Gasteiger partial charge in [0.1, 0.15) is 12.7 Å². The molecule has 1 saturated carbocycles. The molecule has 3 aromatic rings. The average Bonchev–Trinajstić information content (AvgIpc) is 3.32. The standard InChI is InChI=1S/C19H23N5O/c25-19-7-15-9-23(8-14(15)6-18(19)24-12-20-11-21-24)10-16-5-13-3-1-2-4-17(13)22-16/h1-5,11-12,14-15,18-19,22,25H,6-10H2/t14-,15+,18-,19-/m1/s1. The van der Waals surface area contributed by atoms with Gasteiger partial charge in [-0.25, -0.2) is 9.67 Å². The van der Waals surface area contributed by atoms with Crippen LogP contribution in [0.1, 0.15) is 24.6 Å². The summed E-state index contributed by atoms with van der Waals surface area (Å²) >= 11 is 0. The van der Waals surface area contributed by atoms with Gasteiger partial charge in [-0.2, -0.15) is 5.10 Å². The van der Waals surface area contributed by atoms with Crippen LogP contribution in [0, 0.1) is 11.8 Å². The first-order chi connectivity index (χ1) is 12.3. The van der Waals surface area contributed by atoms with Crippen molar-refractivity contribution in [3.05, 3.63) is 48.7 Å². The van der Waals surface area contributed by atoms with Gasteiger partial charge >= 0.3 is 0 Å². The lowest BCUT2D eigenvalue weighted by molar-refractivity contribution is 0.0304. The Kier molecular flexibility index (Phi) is 3.60. The minimum absolute atomic E-state index is 0.0665. The van der Waals surface area contributed by atoms with Gasteiger partial charge in [0.05, 0.1) is 12.1 Å². The molecule has 2 fully saturated rings. The van der Waals surface area contributed by atoms with E-state index in [4.69, 9.17) is 0 Å². The van der Waals surface area contributed by atoms with E-state index in [0.717, 1.165) is 32.5 Å². The van der Waals surface area contributed by atoms with Gasteiger partial charge in [-0.15, -0.1) is 0 Å². The van der Waals surface area contributed by atoms with Crippen molar-refractivity contribution in [3.8, 4) is 0 Å². The predicted octanol–water partition coefficient (Wildman–Crippen LogP) is 2.20. The van der Waals surface area contributed by atoms with E-state index in [0.29, 0.717) is 11.8 Å². The van der Waals surface area contributed by atoms with E-state index < -0.39 is 0 Å². The maximum Gasteiger partial charge on any atom is 0.137 e. The van der Waals surface area contributed by atoms with Gasteiger partial charge in [0.25, 0.3) is 0 Å². The topological polar surface area (TPSA) is 70.0 Å². The lowest BCUT2D eigenvalue weighted by atomic mass is 9.77. The zero-order chi connectivity index (χ0) is 16.8. The van der Waals surface area contributed by atoms with E-state index in [1.54, 1.807) is 12.7 Å². The summed E-state index contributed by atoms with van der Waals surface area (Å²) in [5.41, 5.74) is 2.48. The summed E-state index contributed by atoms with van der Waals surface area (Å²) in [5.74, 6) is 1.21. The molecule has 0 unspecified atom stereocenters. The van der Waals surface area contributed by atoms with Gasteiger partial charge in [0.15, 0.2) is 0 Å². The molecule has 2 N–H and O–H groups in total. The Bertz CT molecular complexity index is 825. The van der Waals surface area contributed by atoms with Crippen LogP contribution in [0.3, 0.4) is 0 Å². The summed E-state index contributed by atoms with van der Waals surface area (Å²) in [4.78, 5) is 10.1. The molecule has 1 aliphatic heterocycles. The number of para-hydroxylation sites is 1. The summed E-state index contributed by atoms with van der Waals surface area (Å²) in [6.07, 6.45) is 4.80. The maximum atomic E-state index is 10.5. The Morgan fingerprint density at radius 3 is 2.80 bits per heavy atom. The number of aromatic nitrogens is 4. The van der Waals surface area contributed by atoms with Crippen LogP contribution in [0.5, 0.6) is 0 Å². The fraction of sp³-hybridized carbons (Fsp3) is 0.474. The minimum atomic E-state index is -0.323. The minimum Gasteiger partial charge on any atom is -0.391 e. The van der Waals surface area contributed by atoms with E-state index in [1.165, 1.54) is 16.6 Å². The number of aliphatic hydroxyl groups excluding tert-OH is 1. The molecule has 2 aliphatic rings. The van der Waals surface area contributed by atoms with Gasteiger partial charge in [-0.3, -0.25) is 4.90 Å². The smallest absolute Gasteiger partial charge is 0.137 e. The molecule has 0 amide bonds. The number of rotatable bonds is 3. The Morgan fingerprint density at radius 1 is 1.16 bits per heavy atom. The van der Waals surface area contributed by atoms with Crippen molar-refractivity contribution in [3.63, 3.8) is 0 Å². The number of fused-ring (bicyclic) bond motifs is 2. The summed E-state index contributed by atoms with van der Waals surface area (Å²) in [6, 6.07) is 10.7. The monoisotopic (exact) mass is 337 g/mol. The number of H-pyrrole nitrogens is 1. The Hall–Kier alpha value is -2.18. The zero-order valence-electron chi connectivity index (χ0n) is 14.1. The normalized spacial score (nSPS) is 30.0. The highest BCUT2D eigenvalue weighted by molar-refractivity contribution is 5.80. The number of aromatic amines is 1. The van der Waals surface area contributed by atoms with Crippen molar-refractivity contribution < 1.29 is 5.11 Å². The van der Waals surface area contributed by atoms with Crippen molar-refractivity contribution in [2.24, 2.45) is 11.8 Å². The fourth-order valence-corrected chi connectivity index (χ4v) is 4.77. The number of nitrogens with one attached hydrogen (secondary N) is 1. The first kappa shape index (κ1) is 15.1. The van der Waals surface area contributed by atoms with Crippen LogP contribution in [0.15, 0.2) is 43.0 Å². The molecule has 25 heavy (non-hydrogen) atoms. The van der Waals surface area contributed by atoms with Gasteiger partial charge in [0, 0.05) is 30.8 Å². The van der Waals surface area contributed by atoms with Crippen molar-refractivity contribution in [2.75, 3.05) is 13.1 Å². The number of aliphatic hydroxyl groups is 1. The van der Waals surface area contributed by atoms with E-state index in [-0.39, 0.29) is 12.1 Å². The van der Waals surface area contributed by atoms with Gasteiger partial charge in [-0.1, -0.05) is 18.2 Å². The maximum absolute atomic E-state index is 10.5. The van der Waals surface area contributed by atoms with Gasteiger partial charge < -0.3 is 10.1 Å². The number of hydrogen-bond acceptors (Lipinski definition) is 4. The van der Waals surface area contributed by atoms with Crippen LogP contribution in [0.2, 0.25) is 0 Å². The molecule has 0 radical (unpaired) electrons. The second-order valence-electron chi connectivity index (χ2n) is 7.58. The average molecular weight is 337 g/mol. The first-order valence-corrected chi connectivity index (χ1v) is 9.07. The molecule has 0 bridgehead atoms. The van der Waals surface area contributed by atoms with Crippen LogP contribution in [-0.2, 0) is 6.54 Å². The SMILES string of the molecule is O[C@@H]1C[C@H]2CN(Cc3cc4ccccc4[nH]3)C[C@H]2C[C@H]1n1cncn1. The van der Waals surface area contributed by atoms with Crippen LogP contribution in [0.25, 0.3) is 10.9 Å². The molecule has 1 saturated heterocycles. The highest BCUT2D eigenvalue weighted by atomic mass is 16.3. The molecule has 5 rings (SSSR count). The Labute approximate surface area is 146 Å². The van der Waals surface area contributed by atoms with Gasteiger partial charge in [0.2, 0.25) is 0 Å². The van der Waals surface area contributed by atoms with Crippen molar-refractivity contribution in [1.82, 2.24) is 24.6 Å². The highest BCUT2D eigenvalue weighted by Gasteiger charge is 2.42. The molecule has 3 heterocycles. The summed E-state index contributed by atoms with van der Waals surface area (Å²) in [7, 11) is 0. The van der Waals surface area contributed by atoms with E-state index in [9.17, 15) is 5.11 Å². The van der Waals surface area contributed by atoms with Crippen LogP contribution < -0.4 is 0 Å². The highest BCUT2D eigenvalue weighted by Crippen LogP contribution is 2.41. The molecule has 130 valence electrons. The summed E-state index contributed by atoms with van der Waals surface area (Å²) in [6.45, 7) is 3.12. The molecule has 2 aromatic heterocycles. The Balaban J connectivity index is 1.29. The lowest BCUT2D eigenvalue weighted by Gasteiger charge is -2.35. The second kappa shape index (κ2) is 5.97. The molecular weight excluding hydrogens is 314 g/mol. The van der Waals surface area contributed by atoms with Gasteiger partial charge in [-0.05, 0) is 42.2 Å². The van der Waals surface area contributed by atoms with Crippen LogP contribution in [-0.4, -0.2) is 48.9 Å². The number of likely N-dealkylation sites (tertiary alicyclic amines) is 1. The third-order valence-electron chi connectivity index (χ3n) is 5.94. The molecular formula is C19H23N5O. The van der Waals surface area contributed by atoms with Crippen molar-refractivity contribution >= 4 is 10.9 Å². The molecule has 1 aliphatic carbocycles. The van der Waals surface area contributed by atoms with E-state index in [2.05, 4.69) is 50.3 Å². The number of nitrogens with zero attached hydrogens (tertiary/aromatic N) is 4. The van der Waals surface area contributed by atoms with Crippen molar-refractivity contribution in [2.45, 2.75) is 31.5 Å². The predicted molar refractivity (Wildman–Crippen MR) is 94.9 cm³/mol. The molecule has 0 spiro atoms.